The molecule has 0 saturated carbocycles. The van der Waals surface area contributed by atoms with E-state index >= 15 is 0 Å². The third-order valence-corrected chi connectivity index (χ3v) is 2.65. The fraction of sp³-hybridized carbons (Fsp3) is 0.375. The van der Waals surface area contributed by atoms with Crippen molar-refractivity contribution in [2.45, 2.75) is 6.92 Å². The Bertz CT molecular complexity index is 418. The molecule has 0 fully saturated rings. The molecule has 0 amide bonds. The molecule has 0 spiro atoms. The quantitative estimate of drug-likeness (QED) is 0.641. The predicted molar refractivity (Wildman–Crippen MR) is 58.6 cm³/mol. The Morgan fingerprint density at radius 3 is 2.87 bits per heavy atom. The van der Waals surface area contributed by atoms with Crippen LogP contribution >= 0.6 is 0 Å². The maximum Gasteiger partial charge on any atom is 0.300 e. The molecule has 0 radical (unpaired) electrons. The maximum absolute atomic E-state index is 11.4. The smallest absolute Gasteiger partial charge is 0.300 e. The number of nitrogens with one attached hydrogen (secondary N) is 2. The molecule has 1 heterocycles. The number of rotatable bonds is 5. The lowest BCUT2D eigenvalue weighted by Crippen LogP contribution is -2.34. The molecular formula is C8H14N4O2S. The first kappa shape index (κ1) is 11.9. The van der Waals surface area contributed by atoms with Crippen molar-refractivity contribution in [1.29, 1.82) is 0 Å². The summed E-state index contributed by atoms with van der Waals surface area (Å²) < 4.78 is 27.3. The molecule has 0 unspecified atom stereocenters. The second kappa shape index (κ2) is 5.06. The van der Waals surface area contributed by atoms with Gasteiger partial charge in [-0.1, -0.05) is 0 Å². The molecule has 0 saturated heterocycles. The van der Waals surface area contributed by atoms with Crippen LogP contribution in [0.5, 0.6) is 0 Å². The van der Waals surface area contributed by atoms with Crippen LogP contribution in [0.3, 0.4) is 0 Å². The summed E-state index contributed by atoms with van der Waals surface area (Å²) in [4.78, 5) is 3.87. The Hall–Kier alpha value is -1.18. The van der Waals surface area contributed by atoms with Crippen LogP contribution in [0.15, 0.2) is 18.3 Å². The predicted octanol–water partition coefficient (Wildman–Crippen LogP) is -0.405. The third kappa shape index (κ3) is 4.24. The van der Waals surface area contributed by atoms with Gasteiger partial charge in [-0.15, -0.1) is 0 Å². The minimum atomic E-state index is -3.56. The van der Waals surface area contributed by atoms with Crippen LogP contribution in [0.2, 0.25) is 0 Å². The highest BCUT2D eigenvalue weighted by Gasteiger charge is 2.08. The lowest BCUT2D eigenvalue weighted by atomic mass is 10.3. The van der Waals surface area contributed by atoms with Crippen LogP contribution in [0.25, 0.3) is 0 Å². The second-order valence-electron chi connectivity index (χ2n) is 3.01. The minimum absolute atomic E-state index is 0.196. The molecule has 1 rings (SSSR count). The van der Waals surface area contributed by atoms with Crippen molar-refractivity contribution in [1.82, 2.24) is 9.71 Å². The molecule has 84 valence electrons. The van der Waals surface area contributed by atoms with Crippen LogP contribution in [-0.2, 0) is 10.2 Å². The van der Waals surface area contributed by atoms with Crippen molar-refractivity contribution in [2.24, 2.45) is 5.73 Å². The van der Waals surface area contributed by atoms with Crippen LogP contribution in [-0.4, -0.2) is 26.5 Å². The van der Waals surface area contributed by atoms with Gasteiger partial charge in [-0.2, -0.15) is 13.1 Å². The van der Waals surface area contributed by atoms with Gasteiger partial charge in [0.1, 0.15) is 5.82 Å². The summed E-state index contributed by atoms with van der Waals surface area (Å²) in [6, 6.07) is 3.42. The number of hydrogen-bond donors (Lipinski definition) is 3. The molecule has 7 heteroatoms. The molecule has 0 aliphatic rings. The van der Waals surface area contributed by atoms with Crippen LogP contribution in [0.1, 0.15) is 5.56 Å². The Morgan fingerprint density at radius 2 is 2.27 bits per heavy atom. The van der Waals surface area contributed by atoms with Gasteiger partial charge in [0.25, 0.3) is 10.2 Å². The van der Waals surface area contributed by atoms with Crippen molar-refractivity contribution >= 4 is 16.0 Å². The summed E-state index contributed by atoms with van der Waals surface area (Å²) in [5.74, 6) is 0.291. The van der Waals surface area contributed by atoms with Crippen LogP contribution in [0, 0.1) is 6.92 Å². The second-order valence-corrected chi connectivity index (χ2v) is 4.51. The number of nitrogens with zero attached hydrogens (tertiary/aromatic N) is 1. The fourth-order valence-electron chi connectivity index (χ4n) is 0.959. The van der Waals surface area contributed by atoms with Gasteiger partial charge in [0, 0.05) is 19.3 Å². The largest absolute Gasteiger partial charge is 0.329 e. The van der Waals surface area contributed by atoms with Crippen molar-refractivity contribution < 1.29 is 8.42 Å². The molecule has 1 aromatic heterocycles. The summed E-state index contributed by atoms with van der Waals surface area (Å²) in [5.41, 5.74) is 6.11. The SMILES string of the molecule is Cc1ccnc(NS(=O)(=O)NCCN)c1. The summed E-state index contributed by atoms with van der Waals surface area (Å²) >= 11 is 0. The van der Waals surface area contributed by atoms with Gasteiger partial charge < -0.3 is 5.73 Å². The van der Waals surface area contributed by atoms with Crippen molar-refractivity contribution in [3.63, 3.8) is 0 Å². The van der Waals surface area contributed by atoms with Gasteiger partial charge in [0.2, 0.25) is 0 Å². The topological polar surface area (TPSA) is 97.1 Å². The zero-order valence-corrected chi connectivity index (χ0v) is 9.21. The highest BCUT2D eigenvalue weighted by atomic mass is 32.2. The lowest BCUT2D eigenvalue weighted by molar-refractivity contribution is 0.587. The number of anilines is 1. The number of aryl methyl sites for hydroxylation is 1. The van der Waals surface area contributed by atoms with E-state index < -0.39 is 10.2 Å². The molecule has 15 heavy (non-hydrogen) atoms. The van der Waals surface area contributed by atoms with Crippen molar-refractivity contribution in [2.75, 3.05) is 17.8 Å². The minimum Gasteiger partial charge on any atom is -0.329 e. The van der Waals surface area contributed by atoms with E-state index in [1.165, 1.54) is 6.20 Å². The number of hydrogen-bond acceptors (Lipinski definition) is 4. The standard InChI is InChI=1S/C8H14N4O2S/c1-7-2-4-10-8(6-7)12-15(13,14)11-5-3-9/h2,4,6,11H,3,5,9H2,1H3,(H,10,12). The molecule has 0 bridgehead atoms. The van der Waals surface area contributed by atoms with Crippen molar-refractivity contribution in [3.05, 3.63) is 23.9 Å². The Morgan fingerprint density at radius 1 is 1.53 bits per heavy atom. The first-order chi connectivity index (χ1) is 7.03. The Kier molecular flexibility index (Phi) is 4.01. The molecule has 0 aliphatic carbocycles. The van der Waals surface area contributed by atoms with Gasteiger partial charge in [-0.25, -0.2) is 4.98 Å². The van der Waals surface area contributed by atoms with E-state index in [4.69, 9.17) is 5.73 Å². The van der Waals surface area contributed by atoms with Gasteiger partial charge in [0.15, 0.2) is 0 Å². The van der Waals surface area contributed by atoms with E-state index in [1.54, 1.807) is 12.1 Å². The van der Waals surface area contributed by atoms with Crippen LogP contribution < -0.4 is 15.2 Å². The zero-order valence-electron chi connectivity index (χ0n) is 8.40. The van der Waals surface area contributed by atoms with Crippen molar-refractivity contribution in [3.8, 4) is 0 Å². The first-order valence-corrected chi connectivity index (χ1v) is 5.92. The zero-order chi connectivity index (χ0) is 11.3. The summed E-state index contributed by atoms with van der Waals surface area (Å²) in [6.07, 6.45) is 1.54. The van der Waals surface area contributed by atoms with E-state index in [-0.39, 0.29) is 13.1 Å². The monoisotopic (exact) mass is 230 g/mol. The van der Waals surface area contributed by atoms with Crippen LogP contribution in [0.4, 0.5) is 5.82 Å². The molecule has 0 aromatic carbocycles. The number of aromatic nitrogens is 1. The number of pyridine rings is 1. The molecule has 0 atom stereocenters. The molecule has 6 nitrogen and oxygen atoms in total. The molecular weight excluding hydrogens is 216 g/mol. The van der Waals surface area contributed by atoms with E-state index in [0.29, 0.717) is 5.82 Å². The first-order valence-electron chi connectivity index (χ1n) is 4.43. The average molecular weight is 230 g/mol. The summed E-state index contributed by atoms with van der Waals surface area (Å²) in [7, 11) is -3.56. The summed E-state index contributed by atoms with van der Waals surface area (Å²) in [6.45, 7) is 2.30. The lowest BCUT2D eigenvalue weighted by Gasteiger charge is -2.07. The average Bonchev–Trinajstić information content (AvgIpc) is 2.14. The Labute approximate surface area is 89.1 Å². The molecule has 0 aliphatic heterocycles. The van der Waals surface area contributed by atoms with E-state index in [9.17, 15) is 8.42 Å². The van der Waals surface area contributed by atoms with E-state index in [0.717, 1.165) is 5.56 Å². The van der Waals surface area contributed by atoms with Gasteiger partial charge >= 0.3 is 0 Å². The van der Waals surface area contributed by atoms with Gasteiger partial charge in [0.05, 0.1) is 0 Å². The molecule has 1 aromatic rings. The highest BCUT2D eigenvalue weighted by molar-refractivity contribution is 7.90. The summed E-state index contributed by atoms with van der Waals surface area (Å²) in [5, 5.41) is 0. The fourth-order valence-corrected chi connectivity index (χ4v) is 1.80. The van der Waals surface area contributed by atoms with Gasteiger partial charge in [-0.3, -0.25) is 4.72 Å². The maximum atomic E-state index is 11.4. The van der Waals surface area contributed by atoms with Gasteiger partial charge in [-0.05, 0) is 24.6 Å². The highest BCUT2D eigenvalue weighted by Crippen LogP contribution is 2.06. The third-order valence-electron chi connectivity index (χ3n) is 1.59. The number of nitrogens with two attached hydrogens (primary N) is 1. The Balaban J connectivity index is 2.69. The van der Waals surface area contributed by atoms with E-state index in [1.807, 2.05) is 6.92 Å². The van der Waals surface area contributed by atoms with E-state index in [2.05, 4.69) is 14.4 Å². The normalized spacial score (nSPS) is 11.3. The molecule has 4 N–H and O–H groups in total.